The average Bonchev–Trinajstić information content (AvgIpc) is 2.16. The largest absolute Gasteiger partial charge is 0.314 e. The van der Waals surface area contributed by atoms with Crippen LogP contribution in [0.25, 0.3) is 0 Å². The van der Waals surface area contributed by atoms with Gasteiger partial charge in [-0.05, 0) is 6.42 Å². The fraction of sp³-hybridized carbons (Fsp3) is 1.00. The van der Waals surface area contributed by atoms with E-state index in [0.717, 1.165) is 26.2 Å². The van der Waals surface area contributed by atoms with Crippen molar-refractivity contribution in [2.24, 2.45) is 0 Å². The topological polar surface area (TPSA) is 52.7 Å². The standard InChI is InChI=1S/C10H21N3O2S/c1-2-7-16(14,15)13-8-10(9-13)12-5-3-11-4-6-12/h10-11H,2-9H2,1H3. The summed E-state index contributed by atoms with van der Waals surface area (Å²) in [6.45, 7) is 7.45. The molecule has 0 bridgehead atoms. The highest BCUT2D eigenvalue weighted by atomic mass is 32.2. The first kappa shape index (κ1) is 12.3. The van der Waals surface area contributed by atoms with Crippen molar-refractivity contribution < 1.29 is 8.42 Å². The number of hydrogen-bond donors (Lipinski definition) is 1. The zero-order valence-corrected chi connectivity index (χ0v) is 10.7. The lowest BCUT2D eigenvalue weighted by atomic mass is 10.1. The first-order valence-corrected chi connectivity index (χ1v) is 7.67. The van der Waals surface area contributed by atoms with Crippen LogP contribution >= 0.6 is 0 Å². The van der Waals surface area contributed by atoms with E-state index in [0.29, 0.717) is 31.3 Å². The van der Waals surface area contributed by atoms with Crippen molar-refractivity contribution in [3.63, 3.8) is 0 Å². The molecule has 2 aliphatic rings. The van der Waals surface area contributed by atoms with Gasteiger partial charge < -0.3 is 5.32 Å². The summed E-state index contributed by atoms with van der Waals surface area (Å²) in [6, 6.07) is 0.453. The van der Waals surface area contributed by atoms with Gasteiger partial charge in [0, 0.05) is 45.3 Å². The SMILES string of the molecule is CCCS(=O)(=O)N1CC(N2CCNCC2)C1. The Bertz CT molecular complexity index is 319. The molecule has 2 saturated heterocycles. The van der Waals surface area contributed by atoms with E-state index in [1.165, 1.54) is 0 Å². The van der Waals surface area contributed by atoms with Crippen LogP contribution in [0.2, 0.25) is 0 Å². The zero-order valence-electron chi connectivity index (χ0n) is 9.85. The van der Waals surface area contributed by atoms with Crippen LogP contribution < -0.4 is 5.32 Å². The molecule has 2 rings (SSSR count). The molecule has 0 radical (unpaired) electrons. The molecule has 0 spiro atoms. The lowest BCUT2D eigenvalue weighted by Crippen LogP contribution is -2.64. The molecule has 0 amide bonds. The summed E-state index contributed by atoms with van der Waals surface area (Å²) in [4.78, 5) is 2.40. The van der Waals surface area contributed by atoms with Gasteiger partial charge in [0.1, 0.15) is 0 Å². The number of hydrogen-bond acceptors (Lipinski definition) is 4. The smallest absolute Gasteiger partial charge is 0.214 e. The molecule has 5 nitrogen and oxygen atoms in total. The molecule has 94 valence electrons. The predicted octanol–water partition coefficient (Wildman–Crippen LogP) is -0.684. The van der Waals surface area contributed by atoms with Gasteiger partial charge >= 0.3 is 0 Å². The van der Waals surface area contributed by atoms with Crippen molar-refractivity contribution in [1.29, 1.82) is 0 Å². The van der Waals surface area contributed by atoms with Gasteiger partial charge in [-0.2, -0.15) is 4.31 Å². The van der Waals surface area contributed by atoms with Crippen LogP contribution in [0.5, 0.6) is 0 Å². The molecule has 6 heteroatoms. The Hall–Kier alpha value is -0.170. The third-order valence-electron chi connectivity index (χ3n) is 3.35. The fourth-order valence-electron chi connectivity index (χ4n) is 2.31. The lowest BCUT2D eigenvalue weighted by molar-refractivity contribution is 0.0773. The maximum atomic E-state index is 11.7. The predicted molar refractivity (Wildman–Crippen MR) is 63.9 cm³/mol. The number of rotatable bonds is 4. The lowest BCUT2D eigenvalue weighted by Gasteiger charge is -2.45. The summed E-state index contributed by atoms with van der Waals surface area (Å²) in [6.07, 6.45) is 0.705. The molecule has 0 atom stereocenters. The first-order valence-electron chi connectivity index (χ1n) is 6.06. The minimum Gasteiger partial charge on any atom is -0.314 e. The van der Waals surface area contributed by atoms with E-state index < -0.39 is 10.0 Å². The number of sulfonamides is 1. The third kappa shape index (κ3) is 2.56. The Morgan fingerprint density at radius 2 is 1.88 bits per heavy atom. The summed E-state index contributed by atoms with van der Waals surface area (Å²) in [5, 5.41) is 3.31. The van der Waals surface area contributed by atoms with E-state index in [4.69, 9.17) is 0 Å². The average molecular weight is 247 g/mol. The quantitative estimate of drug-likeness (QED) is 0.715. The minimum absolute atomic E-state index is 0.293. The van der Waals surface area contributed by atoms with Gasteiger partial charge in [0.15, 0.2) is 0 Å². The van der Waals surface area contributed by atoms with E-state index in [-0.39, 0.29) is 0 Å². The van der Waals surface area contributed by atoms with Crippen molar-refractivity contribution in [2.75, 3.05) is 45.0 Å². The molecule has 16 heavy (non-hydrogen) atoms. The number of nitrogens with one attached hydrogen (secondary N) is 1. The van der Waals surface area contributed by atoms with E-state index in [2.05, 4.69) is 10.2 Å². The molecule has 2 heterocycles. The van der Waals surface area contributed by atoms with Gasteiger partial charge in [0.05, 0.1) is 5.75 Å². The van der Waals surface area contributed by atoms with Crippen molar-refractivity contribution in [3.8, 4) is 0 Å². The van der Waals surface area contributed by atoms with Gasteiger partial charge in [0.25, 0.3) is 0 Å². The molecule has 0 aromatic heterocycles. The summed E-state index contributed by atoms with van der Waals surface area (Å²) < 4.78 is 25.1. The molecule has 0 saturated carbocycles. The summed E-state index contributed by atoms with van der Waals surface area (Å²) in [5.74, 6) is 0.293. The molecular weight excluding hydrogens is 226 g/mol. The minimum atomic E-state index is -2.95. The van der Waals surface area contributed by atoms with E-state index in [1.54, 1.807) is 4.31 Å². The maximum Gasteiger partial charge on any atom is 0.214 e. The highest BCUT2D eigenvalue weighted by molar-refractivity contribution is 7.89. The molecule has 1 N–H and O–H groups in total. The van der Waals surface area contributed by atoms with Crippen LogP contribution in [0, 0.1) is 0 Å². The Balaban J connectivity index is 1.80. The maximum absolute atomic E-state index is 11.7. The molecule has 2 fully saturated rings. The molecule has 0 aromatic rings. The van der Waals surface area contributed by atoms with Crippen LogP contribution in [-0.2, 0) is 10.0 Å². The normalized spacial score (nSPS) is 25.6. The second-order valence-corrected chi connectivity index (χ2v) is 6.66. The van der Waals surface area contributed by atoms with Gasteiger partial charge in [-0.3, -0.25) is 4.90 Å². The van der Waals surface area contributed by atoms with Gasteiger partial charge in [-0.15, -0.1) is 0 Å². The summed E-state index contributed by atoms with van der Waals surface area (Å²) in [7, 11) is -2.95. The van der Waals surface area contributed by atoms with Gasteiger partial charge in [-0.1, -0.05) is 6.92 Å². The van der Waals surface area contributed by atoms with Crippen molar-refractivity contribution in [2.45, 2.75) is 19.4 Å². The van der Waals surface area contributed by atoms with Gasteiger partial charge in [0.2, 0.25) is 10.0 Å². The van der Waals surface area contributed by atoms with Crippen LogP contribution in [0.4, 0.5) is 0 Å². The highest BCUT2D eigenvalue weighted by Gasteiger charge is 2.38. The van der Waals surface area contributed by atoms with Crippen LogP contribution in [0.15, 0.2) is 0 Å². The molecule has 0 unspecified atom stereocenters. The van der Waals surface area contributed by atoms with E-state index >= 15 is 0 Å². The van der Waals surface area contributed by atoms with Crippen molar-refractivity contribution in [3.05, 3.63) is 0 Å². The molecule has 0 aliphatic carbocycles. The van der Waals surface area contributed by atoms with E-state index in [1.807, 2.05) is 6.92 Å². The van der Waals surface area contributed by atoms with Crippen LogP contribution in [0.1, 0.15) is 13.3 Å². The third-order valence-corrected chi connectivity index (χ3v) is 5.36. The molecular formula is C10H21N3O2S. The van der Waals surface area contributed by atoms with E-state index in [9.17, 15) is 8.42 Å². The zero-order chi connectivity index (χ0) is 11.6. The first-order chi connectivity index (χ1) is 7.63. The Kier molecular flexibility index (Phi) is 3.84. The molecule has 0 aromatic carbocycles. The Morgan fingerprint density at radius 1 is 1.25 bits per heavy atom. The van der Waals surface area contributed by atoms with Gasteiger partial charge in [-0.25, -0.2) is 8.42 Å². The van der Waals surface area contributed by atoms with Crippen LogP contribution in [-0.4, -0.2) is 68.7 Å². The second kappa shape index (κ2) is 5.00. The highest BCUT2D eigenvalue weighted by Crippen LogP contribution is 2.19. The Labute approximate surface area is 97.8 Å². The number of piperazine rings is 1. The van der Waals surface area contributed by atoms with Crippen LogP contribution in [0.3, 0.4) is 0 Å². The second-order valence-electron chi connectivity index (χ2n) is 4.57. The number of nitrogens with zero attached hydrogens (tertiary/aromatic N) is 2. The molecule has 2 aliphatic heterocycles. The fourth-order valence-corrected chi connectivity index (χ4v) is 3.88. The summed E-state index contributed by atoms with van der Waals surface area (Å²) >= 11 is 0. The van der Waals surface area contributed by atoms with Crippen molar-refractivity contribution in [1.82, 2.24) is 14.5 Å². The van der Waals surface area contributed by atoms with Crippen molar-refractivity contribution >= 4 is 10.0 Å². The monoisotopic (exact) mass is 247 g/mol. The Morgan fingerprint density at radius 3 is 2.44 bits per heavy atom. The summed E-state index contributed by atoms with van der Waals surface area (Å²) in [5.41, 5.74) is 0.